The first-order valence-electron chi connectivity index (χ1n) is 11.1. The second-order valence-corrected chi connectivity index (χ2v) is 10.3. The van der Waals surface area contributed by atoms with Crippen molar-refractivity contribution >= 4 is 32.7 Å². The number of rotatable bonds is 7. The van der Waals surface area contributed by atoms with Gasteiger partial charge >= 0.3 is 0 Å². The summed E-state index contributed by atoms with van der Waals surface area (Å²) in [5.74, 6) is 0.304. The van der Waals surface area contributed by atoms with Crippen LogP contribution < -0.4 is 10.1 Å². The summed E-state index contributed by atoms with van der Waals surface area (Å²) in [4.78, 5) is 12.9. The third-order valence-electron chi connectivity index (χ3n) is 6.25. The molecule has 0 bridgehead atoms. The summed E-state index contributed by atoms with van der Waals surface area (Å²) in [5.41, 5.74) is 2.04. The van der Waals surface area contributed by atoms with Crippen LogP contribution in [0.15, 0.2) is 47.4 Å². The highest BCUT2D eigenvalue weighted by Gasteiger charge is 2.32. The fourth-order valence-electron chi connectivity index (χ4n) is 4.03. The molecule has 1 atom stereocenters. The Morgan fingerprint density at radius 1 is 1.21 bits per heavy atom. The van der Waals surface area contributed by atoms with E-state index >= 15 is 0 Å². The van der Waals surface area contributed by atoms with Gasteiger partial charge in [-0.15, -0.1) is 5.10 Å². The number of aromatic nitrogens is 3. The van der Waals surface area contributed by atoms with Crippen molar-refractivity contribution in [3.05, 3.63) is 42.5 Å². The van der Waals surface area contributed by atoms with Gasteiger partial charge in [-0.05, 0) is 56.5 Å². The van der Waals surface area contributed by atoms with Gasteiger partial charge in [-0.2, -0.15) is 4.31 Å². The van der Waals surface area contributed by atoms with Crippen LogP contribution in [0.2, 0.25) is 0 Å². The molecule has 0 spiro atoms. The summed E-state index contributed by atoms with van der Waals surface area (Å²) in [7, 11) is -2.11. The molecule has 2 aromatic carbocycles. The van der Waals surface area contributed by atoms with Gasteiger partial charge in [-0.1, -0.05) is 18.2 Å². The number of hydrogen-bond acceptors (Lipinski definition) is 6. The van der Waals surface area contributed by atoms with Crippen LogP contribution in [0, 0.1) is 5.92 Å². The smallest absolute Gasteiger partial charge is 0.243 e. The highest BCUT2D eigenvalue weighted by molar-refractivity contribution is 7.89. The topological polar surface area (TPSA) is 106 Å². The Labute approximate surface area is 193 Å². The molecule has 1 fully saturated rings. The molecule has 33 heavy (non-hydrogen) atoms. The predicted octanol–water partition coefficient (Wildman–Crippen LogP) is 3.45. The Hall–Kier alpha value is -2.98. The normalized spacial score (nSPS) is 16.6. The van der Waals surface area contributed by atoms with Crippen molar-refractivity contribution < 1.29 is 17.9 Å². The fourth-order valence-corrected chi connectivity index (χ4v) is 5.52. The molecular weight excluding hydrogens is 442 g/mol. The lowest BCUT2D eigenvalue weighted by molar-refractivity contribution is -0.120. The van der Waals surface area contributed by atoms with Crippen molar-refractivity contribution in [2.45, 2.75) is 44.0 Å². The van der Waals surface area contributed by atoms with Gasteiger partial charge in [0.2, 0.25) is 15.9 Å². The molecule has 1 aromatic heterocycles. The molecule has 176 valence electrons. The van der Waals surface area contributed by atoms with Crippen LogP contribution in [0.25, 0.3) is 11.0 Å². The Kier molecular flexibility index (Phi) is 6.66. The number of nitrogens with one attached hydrogen (secondary N) is 1. The van der Waals surface area contributed by atoms with Crippen molar-refractivity contribution in [2.75, 3.05) is 25.5 Å². The second kappa shape index (κ2) is 9.48. The molecule has 1 aliphatic heterocycles. The van der Waals surface area contributed by atoms with E-state index in [9.17, 15) is 13.2 Å². The largest absolute Gasteiger partial charge is 0.497 e. The van der Waals surface area contributed by atoms with E-state index in [1.165, 1.54) is 4.31 Å². The average molecular weight is 472 g/mol. The molecule has 1 saturated heterocycles. The first-order valence-corrected chi connectivity index (χ1v) is 12.6. The van der Waals surface area contributed by atoms with Crippen LogP contribution in [-0.2, 0) is 14.8 Å². The third-order valence-corrected chi connectivity index (χ3v) is 8.15. The molecule has 9 nitrogen and oxygen atoms in total. The van der Waals surface area contributed by atoms with Gasteiger partial charge in [0, 0.05) is 30.8 Å². The minimum absolute atomic E-state index is 0.108. The van der Waals surface area contributed by atoms with Gasteiger partial charge in [0.25, 0.3) is 0 Å². The van der Waals surface area contributed by atoms with Crippen molar-refractivity contribution in [3.63, 3.8) is 0 Å². The lowest BCUT2D eigenvalue weighted by atomic mass is 9.97. The number of carbonyl (C=O) groups is 1. The fraction of sp³-hybridized carbons (Fsp3) is 0.435. The minimum atomic E-state index is -3.68. The number of benzene rings is 2. The number of ether oxygens (including phenoxy) is 1. The maximum atomic E-state index is 13.2. The van der Waals surface area contributed by atoms with Crippen LogP contribution in [0.3, 0.4) is 0 Å². The number of sulfonamides is 1. The number of carbonyl (C=O) groups excluding carboxylic acids is 1. The Bertz CT molecular complexity index is 1250. The molecule has 1 N–H and O–H groups in total. The number of hydrogen-bond donors (Lipinski definition) is 1. The van der Waals surface area contributed by atoms with Crippen LogP contribution in [0.4, 0.5) is 5.69 Å². The van der Waals surface area contributed by atoms with E-state index in [2.05, 4.69) is 22.6 Å². The molecule has 0 radical (unpaired) electrons. The summed E-state index contributed by atoms with van der Waals surface area (Å²) in [5, 5.41) is 11.2. The van der Waals surface area contributed by atoms with Crippen molar-refractivity contribution in [3.8, 4) is 5.75 Å². The highest BCUT2D eigenvalue weighted by atomic mass is 32.2. The van der Waals surface area contributed by atoms with Gasteiger partial charge in [0.1, 0.15) is 11.3 Å². The van der Waals surface area contributed by atoms with E-state index in [1.54, 1.807) is 43.5 Å². The molecule has 10 heteroatoms. The molecule has 0 saturated carbocycles. The summed E-state index contributed by atoms with van der Waals surface area (Å²) in [6.45, 7) is 4.69. The molecule has 4 rings (SSSR count). The van der Waals surface area contributed by atoms with Gasteiger partial charge in [-0.3, -0.25) is 4.79 Å². The molecule has 0 unspecified atom stereocenters. The number of fused-ring (bicyclic) bond motifs is 1. The zero-order chi connectivity index (χ0) is 23.6. The van der Waals surface area contributed by atoms with Crippen LogP contribution in [-0.4, -0.2) is 53.8 Å². The Morgan fingerprint density at radius 2 is 1.97 bits per heavy atom. The van der Waals surface area contributed by atoms with Crippen LogP contribution >= 0.6 is 0 Å². The summed E-state index contributed by atoms with van der Waals surface area (Å²) in [6.07, 6.45) is 1.82. The minimum Gasteiger partial charge on any atom is -0.497 e. The molecule has 3 aromatic rings. The van der Waals surface area contributed by atoms with Crippen LogP contribution in [0.1, 0.15) is 39.2 Å². The van der Waals surface area contributed by atoms with Gasteiger partial charge < -0.3 is 10.1 Å². The number of nitrogens with zero attached hydrogens (tertiary/aromatic N) is 4. The Morgan fingerprint density at radius 3 is 2.67 bits per heavy atom. The van der Waals surface area contributed by atoms with Crippen molar-refractivity contribution in [2.24, 2.45) is 5.92 Å². The van der Waals surface area contributed by atoms with E-state index in [1.807, 2.05) is 17.7 Å². The zero-order valence-corrected chi connectivity index (χ0v) is 19.9. The van der Waals surface area contributed by atoms with Crippen LogP contribution in [0.5, 0.6) is 5.75 Å². The van der Waals surface area contributed by atoms with E-state index in [0.717, 1.165) is 11.9 Å². The second-order valence-electron chi connectivity index (χ2n) is 8.34. The Balaban J connectivity index is 1.42. The lowest BCUT2D eigenvalue weighted by Gasteiger charge is -2.30. The first-order chi connectivity index (χ1) is 15.8. The summed E-state index contributed by atoms with van der Waals surface area (Å²) >= 11 is 0. The van der Waals surface area contributed by atoms with Crippen molar-refractivity contribution in [1.29, 1.82) is 0 Å². The highest BCUT2D eigenvalue weighted by Crippen LogP contribution is 2.27. The number of anilines is 1. The monoisotopic (exact) mass is 471 g/mol. The van der Waals surface area contributed by atoms with E-state index in [-0.39, 0.29) is 35.9 Å². The first kappa shape index (κ1) is 23.2. The van der Waals surface area contributed by atoms with Gasteiger partial charge in [0.15, 0.2) is 0 Å². The maximum absolute atomic E-state index is 13.2. The van der Waals surface area contributed by atoms with Gasteiger partial charge in [0.05, 0.1) is 23.6 Å². The number of piperidine rings is 1. The lowest BCUT2D eigenvalue weighted by Crippen LogP contribution is -2.41. The van der Waals surface area contributed by atoms with Crippen molar-refractivity contribution in [1.82, 2.24) is 19.3 Å². The van der Waals surface area contributed by atoms with E-state index in [0.29, 0.717) is 29.8 Å². The zero-order valence-electron chi connectivity index (χ0n) is 19.1. The SMILES string of the molecule is CC[C@H](C)n1nnc2cc(S(=O)(=O)N3CCC(C(=O)Nc4cccc(OC)c4)CC3)ccc21. The summed E-state index contributed by atoms with van der Waals surface area (Å²) < 4.78 is 34.9. The average Bonchev–Trinajstić information content (AvgIpc) is 3.27. The quantitative estimate of drug-likeness (QED) is 0.566. The van der Waals surface area contributed by atoms with E-state index < -0.39 is 10.0 Å². The van der Waals surface area contributed by atoms with Gasteiger partial charge in [-0.25, -0.2) is 13.1 Å². The molecular formula is C23H29N5O4S. The molecule has 2 heterocycles. The third kappa shape index (κ3) is 4.72. The number of methoxy groups -OCH3 is 1. The standard InChI is InChI=1S/C23H29N5O4S/c1-4-16(2)28-22-9-8-20(15-21(22)25-26-28)33(30,31)27-12-10-17(11-13-27)23(29)24-18-6-5-7-19(14-18)32-3/h5-9,14-17H,4,10-13H2,1-3H3,(H,24,29)/t16-/m0/s1. The predicted molar refractivity (Wildman–Crippen MR) is 126 cm³/mol. The molecule has 0 aliphatic carbocycles. The summed E-state index contributed by atoms with van der Waals surface area (Å²) in [6, 6.07) is 12.3. The maximum Gasteiger partial charge on any atom is 0.243 e. The number of amides is 1. The van der Waals surface area contributed by atoms with E-state index in [4.69, 9.17) is 4.74 Å². The molecule has 1 amide bonds. The molecule has 1 aliphatic rings.